The molecule has 21 heavy (non-hydrogen) atoms. The fourth-order valence-electron chi connectivity index (χ4n) is 2.66. The average Bonchev–Trinajstić information content (AvgIpc) is 2.49. The maximum atomic E-state index is 11.5. The van der Waals surface area contributed by atoms with Crippen molar-refractivity contribution >= 4 is 17.7 Å². The SMILES string of the molecule is CNC(=O)c1ccc(NC2CCCCC2(C)C(=O)O)nn1. The van der Waals surface area contributed by atoms with Crippen LogP contribution >= 0.6 is 0 Å². The Balaban J connectivity index is 2.12. The fraction of sp³-hybridized carbons (Fsp3) is 0.571. The molecular formula is C14H20N4O3. The van der Waals surface area contributed by atoms with Gasteiger partial charge in [0.05, 0.1) is 5.41 Å². The molecule has 114 valence electrons. The Morgan fingerprint density at radius 3 is 2.67 bits per heavy atom. The van der Waals surface area contributed by atoms with Gasteiger partial charge in [-0.05, 0) is 31.9 Å². The van der Waals surface area contributed by atoms with E-state index >= 15 is 0 Å². The molecule has 1 aliphatic carbocycles. The van der Waals surface area contributed by atoms with Crippen LogP contribution in [0.2, 0.25) is 0 Å². The van der Waals surface area contributed by atoms with E-state index in [0.717, 1.165) is 19.3 Å². The summed E-state index contributed by atoms with van der Waals surface area (Å²) in [5, 5.41) is 22.9. The number of rotatable bonds is 4. The highest BCUT2D eigenvalue weighted by atomic mass is 16.4. The second-order valence-electron chi connectivity index (χ2n) is 5.55. The molecule has 2 atom stereocenters. The maximum Gasteiger partial charge on any atom is 0.311 e. The van der Waals surface area contributed by atoms with Crippen molar-refractivity contribution in [2.45, 2.75) is 38.6 Å². The molecule has 7 nitrogen and oxygen atoms in total. The molecule has 1 heterocycles. The molecule has 0 saturated heterocycles. The van der Waals surface area contributed by atoms with E-state index in [2.05, 4.69) is 20.8 Å². The lowest BCUT2D eigenvalue weighted by Crippen LogP contribution is -2.46. The van der Waals surface area contributed by atoms with Crippen LogP contribution in [-0.2, 0) is 4.79 Å². The molecule has 2 unspecified atom stereocenters. The lowest BCUT2D eigenvalue weighted by atomic mass is 9.71. The fourth-order valence-corrected chi connectivity index (χ4v) is 2.66. The Kier molecular flexibility index (Phi) is 4.40. The predicted molar refractivity (Wildman–Crippen MR) is 77.0 cm³/mol. The zero-order valence-electron chi connectivity index (χ0n) is 12.2. The third-order valence-electron chi connectivity index (χ3n) is 4.14. The number of nitrogens with zero attached hydrogens (tertiary/aromatic N) is 2. The lowest BCUT2D eigenvalue weighted by molar-refractivity contribution is -0.150. The molecular weight excluding hydrogens is 272 g/mol. The maximum absolute atomic E-state index is 11.5. The number of hydrogen-bond acceptors (Lipinski definition) is 5. The number of aliphatic carboxylic acids is 1. The average molecular weight is 292 g/mol. The van der Waals surface area contributed by atoms with Crippen molar-refractivity contribution in [3.8, 4) is 0 Å². The molecule has 1 saturated carbocycles. The molecule has 0 spiro atoms. The minimum atomic E-state index is -0.806. The minimum Gasteiger partial charge on any atom is -0.481 e. The van der Waals surface area contributed by atoms with Gasteiger partial charge in [-0.25, -0.2) is 0 Å². The van der Waals surface area contributed by atoms with E-state index < -0.39 is 11.4 Å². The molecule has 0 aliphatic heterocycles. The van der Waals surface area contributed by atoms with E-state index in [0.29, 0.717) is 12.2 Å². The first-order chi connectivity index (χ1) is 9.97. The summed E-state index contributed by atoms with van der Waals surface area (Å²) in [5.74, 6) is -0.612. The summed E-state index contributed by atoms with van der Waals surface area (Å²) in [5.41, 5.74) is -0.577. The van der Waals surface area contributed by atoms with Crippen LogP contribution < -0.4 is 10.6 Å². The zero-order valence-corrected chi connectivity index (χ0v) is 12.2. The molecule has 1 aromatic heterocycles. The molecule has 1 amide bonds. The first kappa shape index (κ1) is 15.2. The van der Waals surface area contributed by atoms with Gasteiger partial charge in [0, 0.05) is 13.1 Å². The van der Waals surface area contributed by atoms with Crippen LogP contribution in [0.1, 0.15) is 43.1 Å². The van der Waals surface area contributed by atoms with Gasteiger partial charge in [0.2, 0.25) is 0 Å². The molecule has 1 fully saturated rings. The van der Waals surface area contributed by atoms with Crippen LogP contribution in [0.15, 0.2) is 12.1 Å². The van der Waals surface area contributed by atoms with Gasteiger partial charge in [-0.1, -0.05) is 12.8 Å². The Morgan fingerprint density at radius 1 is 1.33 bits per heavy atom. The van der Waals surface area contributed by atoms with Gasteiger partial charge < -0.3 is 15.7 Å². The highest BCUT2D eigenvalue weighted by Gasteiger charge is 2.43. The van der Waals surface area contributed by atoms with Crippen molar-refractivity contribution in [1.82, 2.24) is 15.5 Å². The first-order valence-corrected chi connectivity index (χ1v) is 7.03. The molecule has 1 aliphatic rings. The van der Waals surface area contributed by atoms with E-state index in [1.54, 1.807) is 19.1 Å². The Labute approximate surface area is 123 Å². The Hall–Kier alpha value is -2.18. The van der Waals surface area contributed by atoms with Crippen LogP contribution in [0, 0.1) is 5.41 Å². The number of hydrogen-bond donors (Lipinski definition) is 3. The summed E-state index contributed by atoms with van der Waals surface area (Å²) in [6.07, 6.45) is 3.33. The van der Waals surface area contributed by atoms with E-state index in [4.69, 9.17) is 0 Å². The summed E-state index contributed by atoms with van der Waals surface area (Å²) in [4.78, 5) is 22.9. The van der Waals surface area contributed by atoms with Gasteiger partial charge in [-0.3, -0.25) is 9.59 Å². The van der Waals surface area contributed by atoms with Gasteiger partial charge in [0.15, 0.2) is 5.69 Å². The molecule has 0 bridgehead atoms. The van der Waals surface area contributed by atoms with Crippen LogP contribution in [0.25, 0.3) is 0 Å². The van der Waals surface area contributed by atoms with Crippen molar-refractivity contribution in [2.24, 2.45) is 5.41 Å². The third kappa shape index (κ3) is 3.12. The van der Waals surface area contributed by atoms with Crippen molar-refractivity contribution in [3.63, 3.8) is 0 Å². The Bertz CT molecular complexity index is 532. The number of carbonyl (C=O) groups is 2. The number of nitrogens with one attached hydrogen (secondary N) is 2. The van der Waals surface area contributed by atoms with Crippen molar-refractivity contribution < 1.29 is 14.7 Å². The van der Waals surface area contributed by atoms with Gasteiger partial charge in [0.1, 0.15) is 5.82 Å². The predicted octanol–water partition coefficient (Wildman–Crippen LogP) is 1.28. The number of carbonyl (C=O) groups excluding carboxylic acids is 1. The van der Waals surface area contributed by atoms with Gasteiger partial charge in [-0.15, -0.1) is 10.2 Å². The second kappa shape index (κ2) is 6.07. The molecule has 2 rings (SSSR count). The largest absolute Gasteiger partial charge is 0.481 e. The topological polar surface area (TPSA) is 104 Å². The zero-order chi connectivity index (χ0) is 15.5. The minimum absolute atomic E-state index is 0.191. The van der Waals surface area contributed by atoms with Crippen LogP contribution in [0.5, 0.6) is 0 Å². The number of carboxylic acid groups (broad SMARTS) is 1. The molecule has 1 aromatic rings. The number of aromatic nitrogens is 2. The first-order valence-electron chi connectivity index (χ1n) is 7.03. The Morgan fingerprint density at radius 2 is 2.10 bits per heavy atom. The van der Waals surface area contributed by atoms with E-state index in [1.165, 1.54) is 7.05 Å². The van der Waals surface area contributed by atoms with Gasteiger partial charge >= 0.3 is 5.97 Å². The van der Waals surface area contributed by atoms with Crippen LogP contribution in [0.4, 0.5) is 5.82 Å². The number of anilines is 1. The molecule has 7 heteroatoms. The van der Waals surface area contributed by atoms with Crippen LogP contribution in [0.3, 0.4) is 0 Å². The summed E-state index contributed by atoms with van der Waals surface area (Å²) in [7, 11) is 1.52. The summed E-state index contributed by atoms with van der Waals surface area (Å²) in [6.45, 7) is 1.76. The number of amides is 1. The summed E-state index contributed by atoms with van der Waals surface area (Å²) < 4.78 is 0. The molecule has 0 aromatic carbocycles. The molecule has 3 N–H and O–H groups in total. The standard InChI is InChI=1S/C14H20N4O3/c1-14(13(20)21)8-4-3-5-10(14)16-11-7-6-9(17-18-11)12(19)15-2/h6-7,10H,3-5,8H2,1-2H3,(H,15,19)(H,16,18)(H,20,21). The highest BCUT2D eigenvalue weighted by Crippen LogP contribution is 2.37. The summed E-state index contributed by atoms with van der Waals surface area (Å²) in [6, 6.07) is 3.02. The van der Waals surface area contributed by atoms with E-state index in [9.17, 15) is 14.7 Å². The smallest absolute Gasteiger partial charge is 0.311 e. The molecule has 0 radical (unpaired) electrons. The van der Waals surface area contributed by atoms with Crippen molar-refractivity contribution in [3.05, 3.63) is 17.8 Å². The van der Waals surface area contributed by atoms with Gasteiger partial charge in [0.25, 0.3) is 5.91 Å². The van der Waals surface area contributed by atoms with E-state index in [-0.39, 0.29) is 17.6 Å². The van der Waals surface area contributed by atoms with E-state index in [1.807, 2.05) is 0 Å². The lowest BCUT2D eigenvalue weighted by Gasteiger charge is -2.38. The normalized spacial score (nSPS) is 25.1. The van der Waals surface area contributed by atoms with Gasteiger partial charge in [-0.2, -0.15) is 0 Å². The third-order valence-corrected chi connectivity index (χ3v) is 4.14. The van der Waals surface area contributed by atoms with Crippen LogP contribution in [-0.4, -0.2) is 40.3 Å². The second-order valence-corrected chi connectivity index (χ2v) is 5.55. The quantitative estimate of drug-likeness (QED) is 0.772. The summed E-state index contributed by atoms with van der Waals surface area (Å²) >= 11 is 0. The number of carboxylic acids is 1. The van der Waals surface area contributed by atoms with Crippen molar-refractivity contribution in [1.29, 1.82) is 0 Å². The monoisotopic (exact) mass is 292 g/mol. The van der Waals surface area contributed by atoms with Crippen molar-refractivity contribution in [2.75, 3.05) is 12.4 Å². The highest BCUT2D eigenvalue weighted by molar-refractivity contribution is 5.91.